The molecule has 1 aromatic rings. The summed E-state index contributed by atoms with van der Waals surface area (Å²) in [5, 5.41) is 10.7. The number of hydrogen-bond acceptors (Lipinski definition) is 4. The second kappa shape index (κ2) is 11.7. The van der Waals surface area contributed by atoms with Gasteiger partial charge in [0.25, 0.3) is 0 Å². The number of rotatable bonds is 8. The minimum absolute atomic E-state index is 0. The van der Waals surface area contributed by atoms with Crippen LogP contribution in [0.2, 0.25) is 0 Å². The number of nitrogens with one attached hydrogen (secondary N) is 3. The minimum atomic E-state index is 0. The van der Waals surface area contributed by atoms with Crippen LogP contribution >= 0.6 is 35.3 Å². The molecule has 0 atom stereocenters. The van der Waals surface area contributed by atoms with Crippen molar-refractivity contribution in [3.63, 3.8) is 0 Å². The van der Waals surface area contributed by atoms with E-state index in [4.69, 9.17) is 0 Å². The van der Waals surface area contributed by atoms with Crippen molar-refractivity contribution in [3.05, 3.63) is 15.6 Å². The molecule has 25 heavy (non-hydrogen) atoms. The third-order valence-electron chi connectivity index (χ3n) is 4.15. The highest BCUT2D eigenvalue weighted by molar-refractivity contribution is 14.0. The Morgan fingerprint density at radius 2 is 1.96 bits per heavy atom. The third kappa shape index (κ3) is 7.47. The monoisotopic (exact) mass is 479 g/mol. The van der Waals surface area contributed by atoms with Gasteiger partial charge in [0, 0.05) is 30.4 Å². The first-order chi connectivity index (χ1) is 11.6. The van der Waals surface area contributed by atoms with Crippen LogP contribution in [0.25, 0.3) is 0 Å². The van der Waals surface area contributed by atoms with Gasteiger partial charge in [0.2, 0.25) is 5.91 Å². The molecule has 142 valence electrons. The van der Waals surface area contributed by atoms with Gasteiger partial charge >= 0.3 is 0 Å². The van der Waals surface area contributed by atoms with Crippen LogP contribution in [0, 0.1) is 19.8 Å². The summed E-state index contributed by atoms with van der Waals surface area (Å²) in [6.07, 6.45) is 4.19. The average molecular weight is 479 g/mol. The molecule has 0 radical (unpaired) electrons. The number of nitrogens with zero attached hydrogens (tertiary/aromatic N) is 2. The maximum absolute atomic E-state index is 11.7. The lowest BCUT2D eigenvalue weighted by Gasteiger charge is -2.24. The van der Waals surface area contributed by atoms with E-state index >= 15 is 0 Å². The predicted molar refractivity (Wildman–Crippen MR) is 115 cm³/mol. The lowest BCUT2D eigenvalue weighted by Crippen LogP contribution is -2.39. The molecule has 3 N–H and O–H groups in total. The molecule has 0 saturated heterocycles. The zero-order valence-corrected chi connectivity index (χ0v) is 18.5. The molecule has 1 aliphatic carbocycles. The van der Waals surface area contributed by atoms with E-state index < -0.39 is 0 Å². The van der Waals surface area contributed by atoms with E-state index in [1.807, 2.05) is 13.8 Å². The molecule has 0 aromatic carbocycles. The second-order valence-corrected chi connectivity index (χ2v) is 7.42. The molecule has 1 fully saturated rings. The van der Waals surface area contributed by atoms with E-state index in [0.29, 0.717) is 6.54 Å². The molecule has 8 heteroatoms. The Balaban J connectivity index is 0.00000312. The number of aliphatic imine (C=N–C) groups is 1. The van der Waals surface area contributed by atoms with Gasteiger partial charge in [-0.05, 0) is 40.0 Å². The van der Waals surface area contributed by atoms with Gasteiger partial charge in [0.05, 0.1) is 17.2 Å². The van der Waals surface area contributed by atoms with Crippen LogP contribution in [0.1, 0.15) is 48.2 Å². The van der Waals surface area contributed by atoms with Crippen molar-refractivity contribution in [2.45, 2.75) is 53.0 Å². The van der Waals surface area contributed by atoms with Crippen LogP contribution in [0.5, 0.6) is 0 Å². The second-order valence-electron chi connectivity index (χ2n) is 6.14. The lowest BCUT2D eigenvalue weighted by molar-refractivity contribution is -0.127. The van der Waals surface area contributed by atoms with E-state index in [0.717, 1.165) is 55.6 Å². The first-order valence-electron chi connectivity index (χ1n) is 8.83. The van der Waals surface area contributed by atoms with E-state index in [2.05, 4.69) is 32.9 Å². The smallest absolute Gasteiger partial charge is 0.223 e. The molecule has 1 amide bonds. The van der Waals surface area contributed by atoms with Gasteiger partial charge < -0.3 is 16.0 Å². The van der Waals surface area contributed by atoms with E-state index in [1.54, 1.807) is 11.3 Å². The lowest BCUT2D eigenvalue weighted by atomic mass is 9.85. The number of aromatic nitrogens is 1. The Bertz CT molecular complexity index is 571. The SMILES string of the molecule is CCNC(=NCc1sc(C)nc1C)NCCCNC(=O)C1CCC1.I. The molecule has 0 aliphatic heterocycles. The molecule has 6 nitrogen and oxygen atoms in total. The van der Waals surface area contributed by atoms with E-state index in [9.17, 15) is 4.79 Å². The number of aryl methyl sites for hydroxylation is 2. The maximum Gasteiger partial charge on any atom is 0.223 e. The summed E-state index contributed by atoms with van der Waals surface area (Å²) in [6.45, 7) is 9.08. The molecule has 1 saturated carbocycles. The summed E-state index contributed by atoms with van der Waals surface area (Å²) in [5.74, 6) is 1.30. The van der Waals surface area contributed by atoms with Gasteiger partial charge in [0.15, 0.2) is 5.96 Å². The Labute approximate surface area is 171 Å². The summed E-state index contributed by atoms with van der Waals surface area (Å²) >= 11 is 1.70. The highest BCUT2D eigenvalue weighted by Crippen LogP contribution is 2.26. The van der Waals surface area contributed by atoms with Crippen LogP contribution in [-0.2, 0) is 11.3 Å². The number of halogens is 1. The summed E-state index contributed by atoms with van der Waals surface area (Å²) in [5.41, 5.74) is 1.07. The highest BCUT2D eigenvalue weighted by Gasteiger charge is 2.24. The largest absolute Gasteiger partial charge is 0.357 e. The van der Waals surface area contributed by atoms with E-state index in [1.165, 1.54) is 11.3 Å². The number of guanidine groups is 1. The van der Waals surface area contributed by atoms with Crippen LogP contribution in [0.3, 0.4) is 0 Å². The maximum atomic E-state index is 11.7. The molecule has 1 heterocycles. The van der Waals surface area contributed by atoms with Gasteiger partial charge in [0.1, 0.15) is 0 Å². The van der Waals surface area contributed by atoms with E-state index in [-0.39, 0.29) is 35.8 Å². The number of carbonyl (C=O) groups excluding carboxylic acids is 1. The van der Waals surface area contributed by atoms with Gasteiger partial charge in [-0.1, -0.05) is 6.42 Å². The highest BCUT2D eigenvalue weighted by atomic mass is 127. The summed E-state index contributed by atoms with van der Waals surface area (Å²) in [7, 11) is 0. The van der Waals surface area contributed by atoms with Crippen molar-refractivity contribution in [3.8, 4) is 0 Å². The summed E-state index contributed by atoms with van der Waals surface area (Å²) in [6, 6.07) is 0. The van der Waals surface area contributed by atoms with Gasteiger partial charge in [-0.3, -0.25) is 4.79 Å². The first kappa shape index (κ1) is 22.1. The van der Waals surface area contributed by atoms with Crippen LogP contribution in [-0.4, -0.2) is 36.5 Å². The zero-order chi connectivity index (χ0) is 17.4. The van der Waals surface area contributed by atoms with Crippen LogP contribution < -0.4 is 16.0 Å². The Morgan fingerprint density at radius 1 is 1.24 bits per heavy atom. The van der Waals surface area contributed by atoms with Gasteiger partial charge in [-0.25, -0.2) is 9.98 Å². The molecule has 1 aliphatic rings. The van der Waals surface area contributed by atoms with Gasteiger partial charge in [-0.2, -0.15) is 0 Å². The number of carbonyl (C=O) groups is 1. The molecule has 0 bridgehead atoms. The normalized spacial score (nSPS) is 14.4. The van der Waals surface area contributed by atoms with Crippen molar-refractivity contribution in [2.75, 3.05) is 19.6 Å². The number of thiazole rings is 1. The topological polar surface area (TPSA) is 78.4 Å². The standard InChI is InChI=1S/C17H29N5OS.HI/c1-4-18-17(21-11-15-12(2)22-13(3)24-15)20-10-6-9-19-16(23)14-7-5-8-14;/h14H,4-11H2,1-3H3,(H,19,23)(H2,18,20,21);1H. The van der Waals surface area contributed by atoms with Crippen molar-refractivity contribution in [2.24, 2.45) is 10.9 Å². The zero-order valence-electron chi connectivity index (χ0n) is 15.4. The van der Waals surface area contributed by atoms with Crippen LogP contribution in [0.4, 0.5) is 0 Å². The average Bonchev–Trinajstić information content (AvgIpc) is 2.80. The fourth-order valence-electron chi connectivity index (χ4n) is 2.53. The molecular formula is C17H30IN5OS. The molecule has 2 rings (SSSR count). The Morgan fingerprint density at radius 3 is 2.52 bits per heavy atom. The first-order valence-corrected chi connectivity index (χ1v) is 9.64. The molecule has 0 unspecified atom stereocenters. The third-order valence-corrected chi connectivity index (χ3v) is 5.20. The van der Waals surface area contributed by atoms with Crippen molar-refractivity contribution < 1.29 is 4.79 Å². The molecule has 1 aromatic heterocycles. The summed E-state index contributed by atoms with van der Waals surface area (Å²) in [4.78, 5) is 22.0. The fourth-order valence-corrected chi connectivity index (χ4v) is 3.40. The van der Waals surface area contributed by atoms with Gasteiger partial charge in [-0.15, -0.1) is 35.3 Å². The molecule has 0 spiro atoms. The van der Waals surface area contributed by atoms with Crippen LogP contribution in [0.15, 0.2) is 4.99 Å². The minimum Gasteiger partial charge on any atom is -0.357 e. The predicted octanol–water partition coefficient (Wildman–Crippen LogP) is 2.74. The number of hydrogen-bond donors (Lipinski definition) is 3. The Kier molecular flexibility index (Phi) is 10.3. The van der Waals surface area contributed by atoms with Crippen molar-refractivity contribution >= 4 is 47.2 Å². The number of amides is 1. The van der Waals surface area contributed by atoms with Crippen molar-refractivity contribution in [1.82, 2.24) is 20.9 Å². The molecular weight excluding hydrogens is 449 g/mol. The summed E-state index contributed by atoms with van der Waals surface area (Å²) < 4.78 is 0. The Hall–Kier alpha value is -0.900. The van der Waals surface area contributed by atoms with Crippen molar-refractivity contribution in [1.29, 1.82) is 0 Å². The fraction of sp³-hybridized carbons (Fsp3) is 0.706. The quantitative estimate of drug-likeness (QED) is 0.232.